The van der Waals surface area contributed by atoms with Crippen molar-refractivity contribution in [2.75, 3.05) is 6.54 Å². The highest BCUT2D eigenvalue weighted by Crippen LogP contribution is 2.29. The number of carbonyl (C=O) groups is 1. The van der Waals surface area contributed by atoms with Crippen LogP contribution >= 0.6 is 0 Å². The summed E-state index contributed by atoms with van der Waals surface area (Å²) in [6, 6.07) is 13.2. The van der Waals surface area contributed by atoms with Gasteiger partial charge in [0.05, 0.1) is 11.7 Å². The van der Waals surface area contributed by atoms with Gasteiger partial charge in [0.15, 0.2) is 0 Å². The van der Waals surface area contributed by atoms with E-state index in [1.807, 2.05) is 6.07 Å². The number of carbonyl (C=O) groups excluding carboxylic acids is 1. The molecule has 0 unspecified atom stereocenters. The summed E-state index contributed by atoms with van der Waals surface area (Å²) in [4.78, 5) is 11.9. The Kier molecular flexibility index (Phi) is 5.39. The van der Waals surface area contributed by atoms with Crippen molar-refractivity contribution >= 4 is 5.91 Å². The second kappa shape index (κ2) is 7.28. The van der Waals surface area contributed by atoms with Crippen molar-refractivity contribution in [2.45, 2.75) is 18.7 Å². The maximum Gasteiger partial charge on any atom is 0.416 e. The normalized spacial score (nSPS) is 12.7. The van der Waals surface area contributed by atoms with Crippen molar-refractivity contribution < 1.29 is 23.1 Å². The molecule has 0 aliphatic carbocycles. The molecular formula is C17H16F3NO2. The molecule has 0 spiro atoms. The summed E-state index contributed by atoms with van der Waals surface area (Å²) in [7, 11) is 0. The van der Waals surface area contributed by atoms with Crippen LogP contribution in [0.5, 0.6) is 0 Å². The van der Waals surface area contributed by atoms with Gasteiger partial charge >= 0.3 is 6.18 Å². The van der Waals surface area contributed by atoms with Crippen LogP contribution in [0.1, 0.15) is 34.0 Å². The molecule has 0 radical (unpaired) electrons. The molecule has 0 heterocycles. The molecule has 122 valence electrons. The predicted octanol–water partition coefficient (Wildman–Crippen LogP) is 3.56. The number of aliphatic hydroxyl groups excluding tert-OH is 1. The van der Waals surface area contributed by atoms with E-state index < -0.39 is 23.8 Å². The van der Waals surface area contributed by atoms with E-state index in [9.17, 15) is 23.1 Å². The first-order valence-electron chi connectivity index (χ1n) is 7.06. The minimum absolute atomic E-state index is 0.0611. The molecule has 2 aromatic rings. The van der Waals surface area contributed by atoms with E-state index in [2.05, 4.69) is 5.32 Å². The van der Waals surface area contributed by atoms with Gasteiger partial charge in [0.1, 0.15) is 0 Å². The summed E-state index contributed by atoms with van der Waals surface area (Å²) >= 11 is 0. The average Bonchev–Trinajstić information content (AvgIpc) is 2.54. The molecule has 2 aromatic carbocycles. The SMILES string of the molecule is O=C(NCC[C@H](O)c1ccccc1)c1cccc(C(F)(F)F)c1. The largest absolute Gasteiger partial charge is 0.416 e. The number of hydrogen-bond donors (Lipinski definition) is 2. The first-order chi connectivity index (χ1) is 10.9. The number of nitrogens with one attached hydrogen (secondary N) is 1. The van der Waals surface area contributed by atoms with E-state index in [1.165, 1.54) is 12.1 Å². The molecule has 0 aliphatic heterocycles. The number of amides is 1. The van der Waals surface area contributed by atoms with Crippen molar-refractivity contribution in [1.82, 2.24) is 5.32 Å². The molecule has 0 saturated carbocycles. The first kappa shape index (κ1) is 17.0. The molecule has 0 bridgehead atoms. The van der Waals surface area contributed by atoms with Gasteiger partial charge in [-0.15, -0.1) is 0 Å². The third kappa shape index (κ3) is 4.82. The van der Waals surface area contributed by atoms with Crippen LogP contribution in [0.25, 0.3) is 0 Å². The van der Waals surface area contributed by atoms with Crippen molar-refractivity contribution in [1.29, 1.82) is 0 Å². The molecule has 1 amide bonds. The molecule has 6 heteroatoms. The zero-order chi connectivity index (χ0) is 16.9. The van der Waals surface area contributed by atoms with E-state index in [-0.39, 0.29) is 18.5 Å². The Bertz CT molecular complexity index is 656. The first-order valence-corrected chi connectivity index (χ1v) is 7.06. The maximum absolute atomic E-state index is 12.6. The topological polar surface area (TPSA) is 49.3 Å². The smallest absolute Gasteiger partial charge is 0.388 e. The van der Waals surface area contributed by atoms with Gasteiger partial charge in [0.2, 0.25) is 0 Å². The quantitative estimate of drug-likeness (QED) is 0.884. The highest BCUT2D eigenvalue weighted by Gasteiger charge is 2.30. The van der Waals surface area contributed by atoms with Gasteiger partial charge in [0, 0.05) is 12.1 Å². The molecule has 0 aliphatic rings. The average molecular weight is 323 g/mol. The monoisotopic (exact) mass is 323 g/mol. The highest BCUT2D eigenvalue weighted by molar-refractivity contribution is 5.94. The lowest BCUT2D eigenvalue weighted by Crippen LogP contribution is -2.26. The third-order valence-electron chi connectivity index (χ3n) is 3.34. The van der Waals surface area contributed by atoms with Crippen LogP contribution in [-0.4, -0.2) is 17.6 Å². The Hall–Kier alpha value is -2.34. The van der Waals surface area contributed by atoms with Crippen LogP contribution in [0.2, 0.25) is 0 Å². The van der Waals surface area contributed by atoms with E-state index >= 15 is 0 Å². The lowest BCUT2D eigenvalue weighted by Gasteiger charge is -2.12. The fraction of sp³-hybridized carbons (Fsp3) is 0.235. The third-order valence-corrected chi connectivity index (χ3v) is 3.34. The number of alkyl halides is 3. The van der Waals surface area contributed by atoms with E-state index in [0.29, 0.717) is 0 Å². The zero-order valence-corrected chi connectivity index (χ0v) is 12.2. The molecule has 0 fully saturated rings. The van der Waals surface area contributed by atoms with Gasteiger partial charge in [-0.05, 0) is 30.2 Å². The van der Waals surface area contributed by atoms with Crippen LogP contribution in [0.4, 0.5) is 13.2 Å². The Morgan fingerprint density at radius 1 is 1.09 bits per heavy atom. The summed E-state index contributed by atoms with van der Waals surface area (Å²) in [5.41, 5.74) is -0.204. The van der Waals surface area contributed by atoms with Crippen LogP contribution in [-0.2, 0) is 6.18 Å². The standard InChI is InChI=1S/C17H16F3NO2/c18-17(19,20)14-8-4-7-13(11-14)16(23)21-10-9-15(22)12-5-2-1-3-6-12/h1-8,11,15,22H,9-10H2,(H,21,23)/t15-/m0/s1. The van der Waals surface area contributed by atoms with Crippen LogP contribution in [0.3, 0.4) is 0 Å². The molecular weight excluding hydrogens is 307 g/mol. The van der Waals surface area contributed by atoms with Gasteiger partial charge in [-0.3, -0.25) is 4.79 Å². The van der Waals surface area contributed by atoms with Gasteiger partial charge in [-0.1, -0.05) is 36.4 Å². The summed E-state index contributed by atoms with van der Waals surface area (Å²) in [6.45, 7) is 0.158. The number of benzene rings is 2. The summed E-state index contributed by atoms with van der Waals surface area (Å²) in [6.07, 6.45) is -4.95. The van der Waals surface area contributed by atoms with Crippen molar-refractivity contribution in [2.24, 2.45) is 0 Å². The lowest BCUT2D eigenvalue weighted by atomic mass is 10.1. The fourth-order valence-corrected chi connectivity index (χ4v) is 2.10. The highest BCUT2D eigenvalue weighted by atomic mass is 19.4. The van der Waals surface area contributed by atoms with Crippen LogP contribution in [0.15, 0.2) is 54.6 Å². The number of halogens is 3. The molecule has 2 N–H and O–H groups in total. The minimum atomic E-state index is -4.49. The molecule has 2 rings (SSSR count). The summed E-state index contributed by atoms with van der Waals surface area (Å²) in [5.74, 6) is -0.601. The molecule has 3 nitrogen and oxygen atoms in total. The van der Waals surface area contributed by atoms with E-state index in [0.717, 1.165) is 17.7 Å². The van der Waals surface area contributed by atoms with Gasteiger partial charge in [-0.25, -0.2) is 0 Å². The summed E-state index contributed by atoms with van der Waals surface area (Å²) < 4.78 is 37.8. The Morgan fingerprint density at radius 2 is 1.78 bits per heavy atom. The van der Waals surface area contributed by atoms with Gasteiger partial charge < -0.3 is 10.4 Å². The van der Waals surface area contributed by atoms with Crippen molar-refractivity contribution in [3.05, 3.63) is 71.3 Å². The van der Waals surface area contributed by atoms with Gasteiger partial charge in [0.25, 0.3) is 5.91 Å². The maximum atomic E-state index is 12.6. The molecule has 0 saturated heterocycles. The Labute approximate surface area is 131 Å². The Balaban J connectivity index is 1.90. The molecule has 0 aromatic heterocycles. The van der Waals surface area contributed by atoms with Crippen LogP contribution in [0, 0.1) is 0 Å². The second-order valence-electron chi connectivity index (χ2n) is 5.05. The number of rotatable bonds is 5. The second-order valence-corrected chi connectivity index (χ2v) is 5.05. The predicted molar refractivity (Wildman–Crippen MR) is 79.8 cm³/mol. The van der Waals surface area contributed by atoms with Crippen molar-refractivity contribution in [3.8, 4) is 0 Å². The number of hydrogen-bond acceptors (Lipinski definition) is 2. The fourth-order valence-electron chi connectivity index (χ4n) is 2.10. The molecule has 1 atom stereocenters. The lowest BCUT2D eigenvalue weighted by molar-refractivity contribution is -0.137. The van der Waals surface area contributed by atoms with E-state index in [4.69, 9.17) is 0 Å². The van der Waals surface area contributed by atoms with Crippen molar-refractivity contribution in [3.63, 3.8) is 0 Å². The van der Waals surface area contributed by atoms with Crippen LogP contribution < -0.4 is 5.32 Å². The molecule has 23 heavy (non-hydrogen) atoms. The van der Waals surface area contributed by atoms with E-state index in [1.54, 1.807) is 24.3 Å². The minimum Gasteiger partial charge on any atom is -0.388 e. The Morgan fingerprint density at radius 3 is 2.43 bits per heavy atom. The zero-order valence-electron chi connectivity index (χ0n) is 12.2. The summed E-state index contributed by atoms with van der Waals surface area (Å²) in [5, 5.41) is 12.5. The van der Waals surface area contributed by atoms with Gasteiger partial charge in [-0.2, -0.15) is 13.2 Å². The number of aliphatic hydroxyl groups is 1.